The molecule has 4 aromatic rings. The number of nitrogens with two attached hydrogens (primary N) is 1. The lowest BCUT2D eigenvalue weighted by molar-refractivity contribution is -0.144. The molecule has 1 saturated heterocycles. The average Bonchev–Trinajstić information content (AvgIpc) is 3.68. The second kappa shape index (κ2) is 13.5. The lowest BCUT2D eigenvalue weighted by Crippen LogP contribution is -2.49. The minimum absolute atomic E-state index is 0.0823. The van der Waals surface area contributed by atoms with Gasteiger partial charge in [0.25, 0.3) is 5.91 Å². The molecule has 4 heterocycles. The summed E-state index contributed by atoms with van der Waals surface area (Å²) in [7, 11) is 0.419. The van der Waals surface area contributed by atoms with Gasteiger partial charge in [-0.1, -0.05) is 43.6 Å². The predicted molar refractivity (Wildman–Crippen MR) is 199 cm³/mol. The van der Waals surface area contributed by atoms with E-state index in [-0.39, 0.29) is 23.3 Å². The lowest BCUT2D eigenvalue weighted by Gasteiger charge is -2.41. The summed E-state index contributed by atoms with van der Waals surface area (Å²) in [6, 6.07) is 11.7. The van der Waals surface area contributed by atoms with E-state index in [9.17, 15) is 13.2 Å². The van der Waals surface area contributed by atoms with Gasteiger partial charge in [0.1, 0.15) is 10.8 Å². The van der Waals surface area contributed by atoms with E-state index in [1.807, 2.05) is 17.0 Å². The van der Waals surface area contributed by atoms with Crippen LogP contribution in [-0.4, -0.2) is 78.5 Å². The molecule has 14 heteroatoms. The molecule has 2 fully saturated rings. The van der Waals surface area contributed by atoms with Gasteiger partial charge in [-0.15, -0.1) is 10.2 Å². The zero-order valence-corrected chi connectivity index (χ0v) is 31.6. The van der Waals surface area contributed by atoms with Crippen LogP contribution in [0.3, 0.4) is 0 Å². The lowest BCUT2D eigenvalue weighted by atomic mass is 9.72. The van der Waals surface area contributed by atoms with Crippen molar-refractivity contribution in [2.75, 3.05) is 40.0 Å². The number of hydrogen-bond donors (Lipinski definition) is 2. The molecule has 7 rings (SSSR count). The van der Waals surface area contributed by atoms with Crippen LogP contribution in [0.15, 0.2) is 36.4 Å². The normalized spacial score (nSPS) is 21.7. The predicted octanol–water partition coefficient (Wildman–Crippen LogP) is 5.86. The summed E-state index contributed by atoms with van der Waals surface area (Å²) < 4.78 is 36.4. The Morgan fingerprint density at radius 2 is 1.75 bits per heavy atom. The number of rotatable bonds is 7. The molecule has 0 spiro atoms. The van der Waals surface area contributed by atoms with Crippen molar-refractivity contribution in [3.8, 4) is 17.0 Å². The Hall–Kier alpha value is -4.01. The van der Waals surface area contributed by atoms with Crippen LogP contribution in [0.2, 0.25) is 0 Å². The number of fused-ring (bicyclic) bond motifs is 5. The van der Waals surface area contributed by atoms with Crippen molar-refractivity contribution in [1.82, 2.24) is 28.7 Å². The summed E-state index contributed by atoms with van der Waals surface area (Å²) in [5, 5.41) is 10.7. The van der Waals surface area contributed by atoms with E-state index >= 15 is 4.79 Å². The summed E-state index contributed by atoms with van der Waals surface area (Å²) in [5.74, 6) is 0.460. The second-order valence-corrected chi connectivity index (χ2v) is 17.7. The van der Waals surface area contributed by atoms with Crippen molar-refractivity contribution in [1.29, 1.82) is 0 Å². The molecule has 1 saturated carbocycles. The fourth-order valence-corrected chi connectivity index (χ4v) is 9.76. The maximum Gasteiger partial charge on any atom is 0.303 e. The quantitative estimate of drug-likeness (QED) is 0.240. The number of carbonyl (C=O) groups is 2. The van der Waals surface area contributed by atoms with Gasteiger partial charge >= 0.3 is 10.2 Å². The number of amides is 2. The Morgan fingerprint density at radius 3 is 2.39 bits per heavy atom. The van der Waals surface area contributed by atoms with Crippen LogP contribution in [-0.2, 0) is 21.5 Å². The van der Waals surface area contributed by atoms with Gasteiger partial charge in [0.15, 0.2) is 0 Å². The zero-order valence-electron chi connectivity index (χ0n) is 29.9. The van der Waals surface area contributed by atoms with E-state index in [0.29, 0.717) is 30.7 Å². The monoisotopic (exact) mass is 733 g/mol. The van der Waals surface area contributed by atoms with Gasteiger partial charge in [-0.3, -0.25) is 9.59 Å². The SMILES string of the molecule is COc1ccc2c(c1)C(C)C(C)(C(=O)N1CCC(c3nnc(N)s3)CC1)Cn1c-2c(C2CCCCC2)c2ccc(C(=O)NS(=O)(=O)N(C)C)cc21. The first-order chi connectivity index (χ1) is 24.3. The van der Waals surface area contributed by atoms with Crippen molar-refractivity contribution in [3.63, 3.8) is 0 Å². The molecule has 2 amide bonds. The molecule has 3 aliphatic rings. The van der Waals surface area contributed by atoms with Crippen molar-refractivity contribution in [3.05, 3.63) is 58.1 Å². The number of anilines is 1. The standard InChI is InChI=1S/C37H47N7O5S2/c1-22-29-20-26(49-5)12-14-27(29)32-31(23-9-7-6-8-10-23)28-13-11-25(33(45)41-51(47,48)42(3)4)19-30(28)44(32)21-37(22,2)35(46)43-17-15-24(16-18-43)34-39-40-36(38)50-34/h11-14,19-20,22-24H,6-10,15-18,21H2,1-5H3,(H2,38,40)(H,41,45). The molecule has 2 unspecified atom stereocenters. The summed E-state index contributed by atoms with van der Waals surface area (Å²) in [4.78, 5) is 30.4. The second-order valence-electron chi connectivity index (χ2n) is 14.8. The maximum absolute atomic E-state index is 15.0. The Kier molecular flexibility index (Phi) is 9.38. The van der Waals surface area contributed by atoms with Crippen LogP contribution in [0.4, 0.5) is 5.13 Å². The molecule has 12 nitrogen and oxygen atoms in total. The van der Waals surface area contributed by atoms with Crippen LogP contribution in [0.25, 0.3) is 22.2 Å². The summed E-state index contributed by atoms with van der Waals surface area (Å²) in [6.07, 6.45) is 7.17. The fourth-order valence-electron chi connectivity index (χ4n) is 8.45. The molecule has 1 aliphatic carbocycles. The molecular weight excluding hydrogens is 687 g/mol. The van der Waals surface area contributed by atoms with E-state index in [0.717, 1.165) is 81.3 Å². The van der Waals surface area contributed by atoms with E-state index in [1.165, 1.54) is 37.4 Å². The zero-order chi connectivity index (χ0) is 36.2. The number of hydrogen-bond acceptors (Lipinski definition) is 9. The van der Waals surface area contributed by atoms with Crippen molar-refractivity contribution in [2.24, 2.45) is 5.41 Å². The first kappa shape index (κ1) is 35.4. The minimum atomic E-state index is -4.00. The number of benzene rings is 2. The Labute approximate surface area is 303 Å². The maximum atomic E-state index is 15.0. The fraction of sp³-hybridized carbons (Fsp3) is 0.514. The van der Waals surface area contributed by atoms with E-state index in [1.54, 1.807) is 19.2 Å². The van der Waals surface area contributed by atoms with Gasteiger partial charge in [0.05, 0.1) is 18.2 Å². The van der Waals surface area contributed by atoms with Crippen molar-refractivity contribution >= 4 is 49.4 Å². The number of nitrogen functional groups attached to an aromatic ring is 1. The first-order valence-corrected chi connectivity index (χ1v) is 20.0. The number of ether oxygens (including phenoxy) is 1. The highest BCUT2D eigenvalue weighted by molar-refractivity contribution is 7.87. The number of methoxy groups -OCH3 is 1. The summed E-state index contributed by atoms with van der Waals surface area (Å²) >= 11 is 1.42. The molecule has 2 aromatic heterocycles. The Balaban J connectivity index is 1.37. The van der Waals surface area contributed by atoms with Gasteiger partial charge in [-0.25, -0.2) is 4.72 Å². The molecule has 272 valence electrons. The topological polar surface area (TPSA) is 153 Å². The van der Waals surface area contributed by atoms with Gasteiger partial charge in [0.2, 0.25) is 11.0 Å². The molecule has 0 bridgehead atoms. The van der Waals surface area contributed by atoms with Crippen LogP contribution < -0.4 is 15.2 Å². The highest BCUT2D eigenvalue weighted by atomic mass is 32.2. The third-order valence-electron chi connectivity index (χ3n) is 11.6. The van der Waals surface area contributed by atoms with E-state index in [2.05, 4.69) is 45.5 Å². The molecule has 2 aliphatic heterocycles. The van der Waals surface area contributed by atoms with Crippen molar-refractivity contribution in [2.45, 2.75) is 83.1 Å². The van der Waals surface area contributed by atoms with E-state index in [4.69, 9.17) is 10.5 Å². The number of piperidine rings is 1. The highest BCUT2D eigenvalue weighted by Crippen LogP contribution is 2.53. The molecule has 3 N–H and O–H groups in total. The first-order valence-electron chi connectivity index (χ1n) is 17.8. The number of nitrogens with one attached hydrogen (secondary N) is 1. The molecule has 2 aromatic carbocycles. The van der Waals surface area contributed by atoms with Crippen molar-refractivity contribution < 1.29 is 22.7 Å². The average molecular weight is 734 g/mol. The smallest absolute Gasteiger partial charge is 0.303 e. The van der Waals surface area contributed by atoms with Crippen LogP contribution in [0.1, 0.15) is 103 Å². The minimum Gasteiger partial charge on any atom is -0.497 e. The number of carbonyl (C=O) groups excluding carboxylic acids is 2. The third kappa shape index (κ3) is 6.29. The third-order valence-corrected chi connectivity index (χ3v) is 13.9. The largest absolute Gasteiger partial charge is 0.497 e. The van der Waals surface area contributed by atoms with Crippen LogP contribution >= 0.6 is 11.3 Å². The van der Waals surface area contributed by atoms with Crippen LogP contribution in [0, 0.1) is 5.41 Å². The van der Waals surface area contributed by atoms with Gasteiger partial charge in [-0.2, -0.15) is 12.7 Å². The van der Waals surface area contributed by atoms with E-state index < -0.39 is 21.5 Å². The van der Waals surface area contributed by atoms with Gasteiger partial charge < -0.3 is 19.9 Å². The Morgan fingerprint density at radius 1 is 1.02 bits per heavy atom. The van der Waals surface area contributed by atoms with Crippen LogP contribution in [0.5, 0.6) is 5.75 Å². The molecule has 51 heavy (non-hydrogen) atoms. The number of nitrogens with zero attached hydrogens (tertiary/aromatic N) is 5. The van der Waals surface area contributed by atoms with Gasteiger partial charge in [0, 0.05) is 61.7 Å². The summed E-state index contributed by atoms with van der Waals surface area (Å²) in [6.45, 7) is 5.81. The number of aromatic nitrogens is 3. The molecule has 0 radical (unpaired) electrons. The summed E-state index contributed by atoms with van der Waals surface area (Å²) in [5.41, 5.74) is 10.5. The highest BCUT2D eigenvalue weighted by Gasteiger charge is 2.47. The Bertz CT molecular complexity index is 2090. The van der Waals surface area contributed by atoms with Gasteiger partial charge in [-0.05, 0) is 85.9 Å². The molecular formula is C37H47N7O5S2. The molecule has 2 atom stereocenters. The number of likely N-dealkylation sites (tertiary alicyclic amines) is 1.